The number of nitrogens with one attached hydrogen (secondary N) is 1. The van der Waals surface area contributed by atoms with Gasteiger partial charge in [0.05, 0.1) is 19.0 Å². The van der Waals surface area contributed by atoms with E-state index in [1.54, 1.807) is 0 Å². The van der Waals surface area contributed by atoms with E-state index in [-0.39, 0.29) is 44.4 Å². The first-order chi connectivity index (χ1) is 14.8. The molecule has 0 radical (unpaired) electrons. The summed E-state index contributed by atoms with van der Waals surface area (Å²) in [5.74, 6) is -4.94. The predicted octanol–water partition coefficient (Wildman–Crippen LogP) is -3.37. The third-order valence-corrected chi connectivity index (χ3v) is 4.20. The van der Waals surface area contributed by atoms with Crippen molar-refractivity contribution in [3.8, 4) is 0 Å². The molecule has 0 rings (SSSR count). The van der Waals surface area contributed by atoms with E-state index in [1.165, 1.54) is 18.5 Å². The molecule has 0 aromatic rings. The zero-order valence-corrected chi connectivity index (χ0v) is 18.0. The molecule has 0 saturated heterocycles. The number of rotatable bonds is 15. The van der Waals surface area contributed by atoms with Crippen molar-refractivity contribution in [2.45, 2.75) is 32.2 Å². The van der Waals surface area contributed by atoms with E-state index >= 15 is 0 Å². The molecule has 0 amide bonds. The first-order valence-corrected chi connectivity index (χ1v) is 9.61. The third-order valence-electron chi connectivity index (χ3n) is 4.20. The Morgan fingerprint density at radius 1 is 0.812 bits per heavy atom. The van der Waals surface area contributed by atoms with Gasteiger partial charge in [0.2, 0.25) is 6.54 Å². The maximum atomic E-state index is 11.1. The molecule has 0 heterocycles. The molecule has 12 N–H and O–H groups in total. The first-order valence-electron chi connectivity index (χ1n) is 9.61. The van der Waals surface area contributed by atoms with Crippen LogP contribution in [0.25, 0.3) is 0 Å². The van der Waals surface area contributed by atoms with Crippen molar-refractivity contribution in [1.29, 1.82) is 5.41 Å². The topological polar surface area (TPSA) is 277 Å². The Morgan fingerprint density at radius 3 is 1.75 bits per heavy atom. The highest BCUT2D eigenvalue weighted by Crippen LogP contribution is 2.02. The minimum absolute atomic E-state index is 0.104. The number of nitrogens with zero attached hydrogens (tertiary/aromatic N) is 4. The molecule has 0 aliphatic heterocycles. The van der Waals surface area contributed by atoms with Crippen LogP contribution in [0.3, 0.4) is 0 Å². The summed E-state index contributed by atoms with van der Waals surface area (Å²) < 4.78 is 1.21. The molecular weight excluding hydrogens is 428 g/mol. The summed E-state index contributed by atoms with van der Waals surface area (Å²) in [7, 11) is 0. The monoisotopic (exact) mass is 461 g/mol. The van der Waals surface area contributed by atoms with E-state index < -0.39 is 47.9 Å². The van der Waals surface area contributed by atoms with Crippen LogP contribution in [0, 0.1) is 17.2 Å². The molecule has 0 aliphatic carbocycles. The fourth-order valence-electron chi connectivity index (χ4n) is 1.98. The van der Waals surface area contributed by atoms with Gasteiger partial charge in [-0.3, -0.25) is 25.0 Å². The minimum atomic E-state index is -1.40. The highest BCUT2D eigenvalue weighted by Gasteiger charge is 2.25. The fraction of sp³-hybridized carbons (Fsp3) is 0.706. The maximum absolute atomic E-state index is 11.1. The standard InChI is InChI=1S/C17H32N8O7/c1-8(16(29)30)3-24-25(6-9(2)17(31)32)7-12(28)15(21)23-5-11(27)14(20)22-4-10(26)13(18)19/h8-12,26-28H,3-7H2,1-2H3,(H8-,18,19,20,21,22,23,29,30,31,32)/p+1. The Morgan fingerprint density at radius 2 is 1.28 bits per heavy atom. The van der Waals surface area contributed by atoms with Gasteiger partial charge in [0.1, 0.15) is 42.2 Å². The van der Waals surface area contributed by atoms with E-state index in [2.05, 4.69) is 15.1 Å². The zero-order valence-electron chi connectivity index (χ0n) is 18.0. The molecular formula is C17H33N8O7+. The van der Waals surface area contributed by atoms with Crippen LogP contribution < -0.4 is 17.2 Å². The number of carbonyl (C=O) groups is 2. The molecule has 0 bridgehead atoms. The molecule has 15 heteroatoms. The van der Waals surface area contributed by atoms with E-state index in [0.717, 1.165) is 0 Å². The summed E-state index contributed by atoms with van der Waals surface area (Å²) in [4.78, 5) is 29.6. The average Bonchev–Trinajstić information content (AvgIpc) is 2.72. The van der Waals surface area contributed by atoms with Crippen LogP contribution in [0.1, 0.15) is 13.8 Å². The third kappa shape index (κ3) is 11.3. The highest BCUT2D eigenvalue weighted by molar-refractivity contribution is 5.88. The molecule has 0 aliphatic rings. The molecule has 0 aromatic carbocycles. The SMILES string of the molecule is CC(CN=[N+](CC(C)C(=O)O)CC(O)C(N)=NCC(O)C(N)=NCC(O)C(=N)N)C(=O)O. The van der Waals surface area contributed by atoms with Gasteiger partial charge in [-0.15, -0.1) is 4.70 Å². The molecule has 0 fully saturated rings. The smallest absolute Gasteiger partial charge is 0.312 e. The van der Waals surface area contributed by atoms with Gasteiger partial charge < -0.3 is 42.7 Å². The lowest BCUT2D eigenvalue weighted by molar-refractivity contribution is -0.603. The molecule has 32 heavy (non-hydrogen) atoms. The molecule has 15 nitrogen and oxygen atoms in total. The van der Waals surface area contributed by atoms with Crippen LogP contribution in [-0.4, -0.2) is 111 Å². The van der Waals surface area contributed by atoms with E-state index in [0.29, 0.717) is 0 Å². The van der Waals surface area contributed by atoms with Gasteiger partial charge in [-0.2, -0.15) is 0 Å². The normalized spacial score (nSPS) is 17.8. The number of aliphatic hydroxyl groups excluding tert-OH is 3. The predicted molar refractivity (Wildman–Crippen MR) is 114 cm³/mol. The molecule has 0 aromatic heterocycles. The van der Waals surface area contributed by atoms with Crippen molar-refractivity contribution < 1.29 is 39.8 Å². The van der Waals surface area contributed by atoms with Gasteiger partial charge in [0.15, 0.2) is 12.6 Å². The summed E-state index contributed by atoms with van der Waals surface area (Å²) in [6, 6.07) is 0. The van der Waals surface area contributed by atoms with Gasteiger partial charge in [-0.1, -0.05) is 0 Å². The van der Waals surface area contributed by atoms with Gasteiger partial charge >= 0.3 is 11.9 Å². The summed E-state index contributed by atoms with van der Waals surface area (Å²) in [5, 5.41) is 58.7. The second-order valence-electron chi connectivity index (χ2n) is 7.21. The first kappa shape index (κ1) is 28.8. The lowest BCUT2D eigenvalue weighted by atomic mass is 10.2. The second-order valence-corrected chi connectivity index (χ2v) is 7.21. The van der Waals surface area contributed by atoms with Crippen LogP contribution in [-0.2, 0) is 9.59 Å². The molecule has 0 saturated carbocycles. The lowest BCUT2D eigenvalue weighted by Gasteiger charge is -2.12. The van der Waals surface area contributed by atoms with Crippen LogP contribution in [0.15, 0.2) is 15.1 Å². The van der Waals surface area contributed by atoms with Crippen molar-refractivity contribution in [1.82, 2.24) is 0 Å². The molecule has 5 unspecified atom stereocenters. The van der Waals surface area contributed by atoms with Gasteiger partial charge in [-0.05, 0) is 19.0 Å². The van der Waals surface area contributed by atoms with Crippen molar-refractivity contribution in [2.75, 3.05) is 32.7 Å². The number of nitrogens with two attached hydrogens (primary N) is 3. The second kappa shape index (κ2) is 14.0. The van der Waals surface area contributed by atoms with Crippen LogP contribution in [0.4, 0.5) is 0 Å². The Hall–Kier alpha value is -3.17. The summed E-state index contributed by atoms with van der Waals surface area (Å²) >= 11 is 0. The Labute approximate surface area is 184 Å². The molecule has 5 atom stereocenters. The maximum Gasteiger partial charge on any atom is 0.312 e. The molecule has 0 spiro atoms. The Balaban J connectivity index is 5.15. The van der Waals surface area contributed by atoms with Gasteiger partial charge in [0.25, 0.3) is 0 Å². The minimum Gasteiger partial charge on any atom is -0.481 e. The largest absolute Gasteiger partial charge is 0.481 e. The summed E-state index contributed by atoms with van der Waals surface area (Å²) in [5.41, 5.74) is 16.4. The fourth-order valence-corrected chi connectivity index (χ4v) is 1.98. The Kier molecular flexibility index (Phi) is 12.6. The van der Waals surface area contributed by atoms with E-state index in [9.17, 15) is 24.9 Å². The molecule has 182 valence electrons. The highest BCUT2D eigenvalue weighted by atomic mass is 16.4. The number of amidine groups is 3. The number of carboxylic acid groups (broad SMARTS) is 2. The van der Waals surface area contributed by atoms with Crippen LogP contribution in [0.2, 0.25) is 0 Å². The number of hydrogen-bond donors (Lipinski definition) is 9. The number of aliphatic imine (C=N–C) groups is 2. The lowest BCUT2D eigenvalue weighted by Crippen LogP contribution is -2.40. The quantitative estimate of drug-likeness (QED) is 0.0504. The van der Waals surface area contributed by atoms with Crippen LogP contribution >= 0.6 is 0 Å². The number of azo groups is 2. The van der Waals surface area contributed by atoms with E-state index in [1.807, 2.05) is 0 Å². The van der Waals surface area contributed by atoms with Crippen molar-refractivity contribution in [2.24, 2.45) is 44.1 Å². The number of hydrogen-bond acceptors (Lipinski definition) is 9. The van der Waals surface area contributed by atoms with Crippen molar-refractivity contribution in [3.63, 3.8) is 0 Å². The zero-order chi connectivity index (χ0) is 25.0. The number of aliphatic carboxylic acids is 2. The van der Waals surface area contributed by atoms with Gasteiger partial charge in [0, 0.05) is 0 Å². The van der Waals surface area contributed by atoms with Crippen molar-refractivity contribution in [3.05, 3.63) is 0 Å². The Bertz CT molecular complexity index is 755. The summed E-state index contributed by atoms with van der Waals surface area (Å²) in [6.45, 7) is 1.66. The van der Waals surface area contributed by atoms with E-state index in [4.69, 9.17) is 32.8 Å². The summed E-state index contributed by atoms with van der Waals surface area (Å²) in [6.07, 6.45) is -4.13. The number of carboxylic acids is 2. The van der Waals surface area contributed by atoms with Crippen molar-refractivity contribution >= 4 is 29.4 Å². The van der Waals surface area contributed by atoms with Gasteiger partial charge in [-0.25, -0.2) is 0 Å². The average molecular weight is 462 g/mol. The van der Waals surface area contributed by atoms with Crippen LogP contribution in [0.5, 0.6) is 0 Å². The number of aliphatic hydroxyl groups is 3.